The lowest BCUT2D eigenvalue weighted by Crippen LogP contribution is -2.44. The average molecular weight is 325 g/mol. The summed E-state index contributed by atoms with van der Waals surface area (Å²) in [4.78, 5) is 2.41. The van der Waals surface area contributed by atoms with E-state index < -0.39 is 0 Å². The van der Waals surface area contributed by atoms with E-state index in [1.165, 1.54) is 5.69 Å². The number of nitrogens with one attached hydrogen (secondary N) is 1. The van der Waals surface area contributed by atoms with Gasteiger partial charge in [-0.15, -0.1) is 12.4 Å². The predicted molar refractivity (Wildman–Crippen MR) is 94.5 cm³/mol. The van der Waals surface area contributed by atoms with Crippen molar-refractivity contribution < 1.29 is 9.31 Å². The van der Waals surface area contributed by atoms with Crippen molar-refractivity contribution in [3.8, 4) is 0 Å². The first-order valence-corrected chi connectivity index (χ1v) is 7.80. The molecule has 0 aliphatic carbocycles. The number of nitrogens with zero attached hydrogens (tertiary/aromatic N) is 1. The van der Waals surface area contributed by atoms with E-state index in [0.717, 1.165) is 31.6 Å². The van der Waals surface area contributed by atoms with Crippen molar-refractivity contribution in [3.63, 3.8) is 0 Å². The maximum absolute atomic E-state index is 6.14. The van der Waals surface area contributed by atoms with Crippen LogP contribution < -0.4 is 15.7 Å². The van der Waals surface area contributed by atoms with Crippen LogP contribution in [0.1, 0.15) is 27.7 Å². The normalized spacial score (nSPS) is 23.3. The van der Waals surface area contributed by atoms with Crippen molar-refractivity contribution in [1.82, 2.24) is 5.32 Å². The molecule has 0 saturated carbocycles. The molecule has 1 aromatic carbocycles. The summed E-state index contributed by atoms with van der Waals surface area (Å²) in [7, 11) is -0.280. The molecule has 2 fully saturated rings. The van der Waals surface area contributed by atoms with Gasteiger partial charge in [0.25, 0.3) is 0 Å². The molecule has 22 heavy (non-hydrogen) atoms. The van der Waals surface area contributed by atoms with Gasteiger partial charge in [-0.05, 0) is 45.3 Å². The number of rotatable bonds is 2. The standard InChI is InChI=1S/C16H25BN2O2.ClH/c1-15(2)16(3,4)21-17(20-15)13-6-5-7-14(12-13)19-10-8-18-9-11-19;/h5-7,12,18H,8-11H2,1-4H3;1H. The highest BCUT2D eigenvalue weighted by Gasteiger charge is 2.51. The molecule has 0 unspecified atom stereocenters. The van der Waals surface area contributed by atoms with Gasteiger partial charge in [-0.1, -0.05) is 12.1 Å². The number of benzene rings is 1. The van der Waals surface area contributed by atoms with E-state index in [-0.39, 0.29) is 30.7 Å². The van der Waals surface area contributed by atoms with Crippen LogP contribution in [0, 0.1) is 0 Å². The molecule has 0 aromatic heterocycles. The van der Waals surface area contributed by atoms with Crippen LogP contribution >= 0.6 is 12.4 Å². The van der Waals surface area contributed by atoms with Crippen molar-refractivity contribution in [3.05, 3.63) is 24.3 Å². The molecular formula is C16H26BClN2O2. The minimum absolute atomic E-state index is 0. The molecule has 0 amide bonds. The maximum atomic E-state index is 6.14. The van der Waals surface area contributed by atoms with Crippen LogP contribution in [-0.4, -0.2) is 44.5 Å². The first kappa shape index (κ1) is 17.6. The first-order valence-electron chi connectivity index (χ1n) is 7.80. The van der Waals surface area contributed by atoms with Gasteiger partial charge in [-0.3, -0.25) is 0 Å². The summed E-state index contributed by atoms with van der Waals surface area (Å²) < 4.78 is 12.3. The van der Waals surface area contributed by atoms with Gasteiger partial charge in [0, 0.05) is 31.9 Å². The second kappa shape index (κ2) is 6.40. The van der Waals surface area contributed by atoms with Gasteiger partial charge in [-0.2, -0.15) is 0 Å². The minimum Gasteiger partial charge on any atom is -0.399 e. The lowest BCUT2D eigenvalue weighted by Gasteiger charge is -2.32. The van der Waals surface area contributed by atoms with Gasteiger partial charge < -0.3 is 19.5 Å². The summed E-state index contributed by atoms with van der Waals surface area (Å²) in [5, 5.41) is 3.38. The number of piperazine rings is 1. The van der Waals surface area contributed by atoms with Crippen LogP contribution in [0.3, 0.4) is 0 Å². The average Bonchev–Trinajstić information content (AvgIpc) is 2.69. The van der Waals surface area contributed by atoms with E-state index in [1.807, 2.05) is 0 Å². The van der Waals surface area contributed by atoms with Crippen LogP contribution in [0.15, 0.2) is 24.3 Å². The summed E-state index contributed by atoms with van der Waals surface area (Å²) in [6.07, 6.45) is 0. The van der Waals surface area contributed by atoms with E-state index in [0.29, 0.717) is 0 Å². The predicted octanol–water partition coefficient (Wildman–Crippen LogP) is 1.82. The Hall–Kier alpha value is -0.745. The van der Waals surface area contributed by atoms with Crippen LogP contribution in [0.25, 0.3) is 0 Å². The largest absolute Gasteiger partial charge is 0.494 e. The Kier molecular flexibility index (Phi) is 5.12. The zero-order valence-electron chi connectivity index (χ0n) is 13.9. The lowest BCUT2D eigenvalue weighted by molar-refractivity contribution is 0.00578. The van der Waals surface area contributed by atoms with E-state index in [2.05, 4.69) is 62.2 Å². The molecule has 0 bridgehead atoms. The number of anilines is 1. The number of hydrogen-bond acceptors (Lipinski definition) is 4. The molecule has 6 heteroatoms. The molecule has 3 rings (SSSR count). The molecule has 2 saturated heterocycles. The molecule has 2 heterocycles. The topological polar surface area (TPSA) is 33.7 Å². The zero-order chi connectivity index (χ0) is 15.1. The Labute approximate surface area is 140 Å². The van der Waals surface area contributed by atoms with Gasteiger partial charge in [0.15, 0.2) is 0 Å². The fourth-order valence-corrected chi connectivity index (χ4v) is 2.77. The highest BCUT2D eigenvalue weighted by atomic mass is 35.5. The smallest absolute Gasteiger partial charge is 0.399 e. The third kappa shape index (κ3) is 3.28. The van der Waals surface area contributed by atoms with Gasteiger partial charge >= 0.3 is 7.12 Å². The first-order chi connectivity index (χ1) is 9.89. The van der Waals surface area contributed by atoms with E-state index >= 15 is 0 Å². The third-order valence-corrected chi connectivity index (χ3v) is 4.88. The molecule has 0 atom stereocenters. The molecule has 0 radical (unpaired) electrons. The molecule has 1 N–H and O–H groups in total. The van der Waals surface area contributed by atoms with Gasteiger partial charge in [-0.25, -0.2) is 0 Å². The molecule has 4 nitrogen and oxygen atoms in total. The molecule has 1 aromatic rings. The Balaban J connectivity index is 0.00000176. The summed E-state index contributed by atoms with van der Waals surface area (Å²) in [6, 6.07) is 8.55. The molecule has 122 valence electrons. The monoisotopic (exact) mass is 324 g/mol. The highest BCUT2D eigenvalue weighted by Crippen LogP contribution is 2.36. The fourth-order valence-electron chi connectivity index (χ4n) is 2.77. The van der Waals surface area contributed by atoms with Crippen molar-refractivity contribution in [2.45, 2.75) is 38.9 Å². The summed E-state index contributed by atoms with van der Waals surface area (Å²) in [5.41, 5.74) is 1.78. The lowest BCUT2D eigenvalue weighted by atomic mass is 9.79. The third-order valence-electron chi connectivity index (χ3n) is 4.88. The molecule has 2 aliphatic heterocycles. The van der Waals surface area contributed by atoms with Gasteiger partial charge in [0.2, 0.25) is 0 Å². The van der Waals surface area contributed by atoms with Crippen LogP contribution in [0.2, 0.25) is 0 Å². The van der Waals surface area contributed by atoms with Crippen LogP contribution in [0.4, 0.5) is 5.69 Å². The minimum atomic E-state index is -0.289. The van der Waals surface area contributed by atoms with Crippen molar-refractivity contribution in [2.75, 3.05) is 31.1 Å². The Morgan fingerprint density at radius 3 is 2.23 bits per heavy atom. The van der Waals surface area contributed by atoms with E-state index in [1.54, 1.807) is 0 Å². The van der Waals surface area contributed by atoms with Crippen molar-refractivity contribution >= 4 is 30.7 Å². The second-order valence-electron chi connectivity index (χ2n) is 6.92. The van der Waals surface area contributed by atoms with Crippen LogP contribution in [-0.2, 0) is 9.31 Å². The van der Waals surface area contributed by atoms with Gasteiger partial charge in [0.05, 0.1) is 11.2 Å². The fraction of sp³-hybridized carbons (Fsp3) is 0.625. The van der Waals surface area contributed by atoms with Crippen LogP contribution in [0.5, 0.6) is 0 Å². The summed E-state index contributed by atoms with van der Waals surface area (Å²) in [5.74, 6) is 0. The Bertz CT molecular complexity index is 503. The molecule has 2 aliphatic rings. The van der Waals surface area contributed by atoms with Gasteiger partial charge in [0.1, 0.15) is 0 Å². The van der Waals surface area contributed by atoms with Crippen molar-refractivity contribution in [1.29, 1.82) is 0 Å². The Morgan fingerprint density at radius 2 is 1.64 bits per heavy atom. The molecule has 0 spiro atoms. The highest BCUT2D eigenvalue weighted by molar-refractivity contribution is 6.62. The summed E-state index contributed by atoms with van der Waals surface area (Å²) >= 11 is 0. The quantitative estimate of drug-likeness (QED) is 0.842. The SMILES string of the molecule is CC1(C)OB(c2cccc(N3CCNCC3)c2)OC1(C)C.Cl. The zero-order valence-corrected chi connectivity index (χ0v) is 14.7. The van der Waals surface area contributed by atoms with E-state index in [4.69, 9.17) is 9.31 Å². The second-order valence-corrected chi connectivity index (χ2v) is 6.92. The Morgan fingerprint density at radius 1 is 1.05 bits per heavy atom. The number of hydrogen-bond donors (Lipinski definition) is 1. The summed E-state index contributed by atoms with van der Waals surface area (Å²) in [6.45, 7) is 12.5. The number of halogens is 1. The van der Waals surface area contributed by atoms with E-state index in [9.17, 15) is 0 Å². The molecular weight excluding hydrogens is 298 g/mol. The maximum Gasteiger partial charge on any atom is 0.494 e. The van der Waals surface area contributed by atoms with Crippen molar-refractivity contribution in [2.24, 2.45) is 0 Å².